The first kappa shape index (κ1) is 27.5. The molecule has 0 radical (unpaired) electrons. The van der Waals surface area contributed by atoms with E-state index in [0.717, 1.165) is 0 Å². The number of rotatable bonds is 7. The van der Waals surface area contributed by atoms with Gasteiger partial charge in [-0.15, -0.1) is 13.2 Å². The average Bonchev–Trinajstić information content (AvgIpc) is 2.79. The molecule has 0 bridgehead atoms. The molecular weight excluding hydrogens is 487 g/mol. The highest BCUT2D eigenvalue weighted by molar-refractivity contribution is 5.33. The van der Waals surface area contributed by atoms with Crippen molar-refractivity contribution >= 4 is 0 Å². The molecule has 0 amide bonds. The first-order valence-corrected chi connectivity index (χ1v) is 11.9. The van der Waals surface area contributed by atoms with Crippen molar-refractivity contribution in [2.45, 2.75) is 86.9 Å². The third kappa shape index (κ3) is 5.22. The summed E-state index contributed by atoms with van der Waals surface area (Å²) in [7, 11) is 3.37. The standard InChI is InChI=1S/C23H34F3N3O7/c1-12-9-21(31,11-29-10-13-6-4-5-7-15(13)35-23(24,25)26)22(32)20(33-12)34-16-8-14(27-2)18(30)17(28-3)19(16)36-22/h4-7,12,14,16-20,27-32H,8-11H2,1-3H3/t12-,14+,16?,17+,18+,19+,20+,21?,22-/m1/s1. The number of benzene rings is 1. The van der Waals surface area contributed by atoms with E-state index in [9.17, 15) is 28.5 Å². The molecule has 3 aliphatic rings. The van der Waals surface area contributed by atoms with E-state index in [-0.39, 0.29) is 36.9 Å². The summed E-state index contributed by atoms with van der Waals surface area (Å²) in [6.45, 7) is 1.38. The minimum Gasteiger partial charge on any atom is -0.405 e. The fourth-order valence-corrected chi connectivity index (χ4v) is 5.43. The van der Waals surface area contributed by atoms with Crippen molar-refractivity contribution in [1.82, 2.24) is 16.0 Å². The Labute approximate surface area is 207 Å². The molecule has 1 saturated carbocycles. The molecule has 3 fully saturated rings. The van der Waals surface area contributed by atoms with Gasteiger partial charge in [0.05, 0.1) is 24.4 Å². The summed E-state index contributed by atoms with van der Waals surface area (Å²) in [5, 5.41) is 43.0. The van der Waals surface area contributed by atoms with E-state index in [0.29, 0.717) is 6.42 Å². The Morgan fingerprint density at radius 2 is 1.86 bits per heavy atom. The fraction of sp³-hybridized carbons (Fsp3) is 0.739. The minimum absolute atomic E-state index is 0.0413. The van der Waals surface area contributed by atoms with E-state index in [2.05, 4.69) is 20.7 Å². The summed E-state index contributed by atoms with van der Waals surface area (Å²) in [4.78, 5) is 0. The molecule has 1 aromatic rings. The highest BCUT2D eigenvalue weighted by Gasteiger charge is 2.67. The number of hydrogen-bond donors (Lipinski definition) is 6. The minimum atomic E-state index is -4.85. The number of fused-ring (bicyclic) bond motifs is 2. The second-order valence-corrected chi connectivity index (χ2v) is 9.66. The summed E-state index contributed by atoms with van der Waals surface area (Å²) in [6, 6.07) is 4.74. The van der Waals surface area contributed by atoms with E-state index >= 15 is 0 Å². The number of likely N-dealkylation sites (N-methyl/N-ethyl adjacent to an activating group) is 2. The molecule has 6 N–H and O–H groups in total. The monoisotopic (exact) mass is 521 g/mol. The van der Waals surface area contributed by atoms with Crippen molar-refractivity contribution in [1.29, 1.82) is 0 Å². The molecule has 1 aromatic carbocycles. The van der Waals surface area contributed by atoms with Crippen LogP contribution in [-0.4, -0.2) is 96.5 Å². The van der Waals surface area contributed by atoms with Crippen LogP contribution in [0.3, 0.4) is 0 Å². The van der Waals surface area contributed by atoms with Gasteiger partial charge in [0.1, 0.15) is 17.5 Å². The quantitative estimate of drug-likeness (QED) is 0.290. The molecule has 0 aromatic heterocycles. The van der Waals surface area contributed by atoms with Crippen LogP contribution in [0, 0.1) is 0 Å². The zero-order chi connectivity index (χ0) is 26.3. The highest BCUT2D eigenvalue weighted by atomic mass is 19.4. The van der Waals surface area contributed by atoms with Gasteiger partial charge in [-0.25, -0.2) is 0 Å². The molecule has 0 spiro atoms. The normalized spacial score (nSPS) is 40.9. The Bertz CT molecular complexity index is 912. The number of alkyl halides is 3. The zero-order valence-electron chi connectivity index (χ0n) is 20.3. The second kappa shape index (κ2) is 10.3. The Hall–Kier alpha value is -1.55. The van der Waals surface area contributed by atoms with Crippen molar-refractivity contribution < 1.29 is 47.4 Å². The topological polar surface area (TPSA) is 134 Å². The van der Waals surface area contributed by atoms with Gasteiger partial charge in [0.25, 0.3) is 0 Å². The molecule has 9 atom stereocenters. The van der Waals surface area contributed by atoms with Crippen LogP contribution >= 0.6 is 0 Å². The number of para-hydroxylation sites is 1. The summed E-state index contributed by atoms with van der Waals surface area (Å²) in [5.74, 6) is -2.68. The van der Waals surface area contributed by atoms with Crippen LogP contribution in [0.1, 0.15) is 25.3 Å². The Balaban J connectivity index is 1.52. The van der Waals surface area contributed by atoms with E-state index in [1.54, 1.807) is 27.1 Å². The third-order valence-electron chi connectivity index (χ3n) is 7.20. The molecule has 13 heteroatoms. The zero-order valence-corrected chi connectivity index (χ0v) is 20.3. The van der Waals surface area contributed by atoms with Crippen LogP contribution in [0.2, 0.25) is 0 Å². The molecule has 1 aliphatic carbocycles. The van der Waals surface area contributed by atoms with Gasteiger partial charge in [0.2, 0.25) is 12.1 Å². The maximum Gasteiger partial charge on any atom is 0.573 e. The predicted octanol–water partition coefficient (Wildman–Crippen LogP) is -0.0460. The summed E-state index contributed by atoms with van der Waals surface area (Å²) in [6.07, 6.45) is -8.54. The van der Waals surface area contributed by atoms with Gasteiger partial charge in [-0.3, -0.25) is 0 Å². The number of hydrogen-bond acceptors (Lipinski definition) is 10. The summed E-state index contributed by atoms with van der Waals surface area (Å²) >= 11 is 0. The van der Waals surface area contributed by atoms with Gasteiger partial charge in [-0.1, -0.05) is 18.2 Å². The summed E-state index contributed by atoms with van der Waals surface area (Å²) in [5.41, 5.74) is -1.71. The number of halogens is 3. The smallest absolute Gasteiger partial charge is 0.405 e. The summed E-state index contributed by atoms with van der Waals surface area (Å²) < 4.78 is 60.4. The lowest BCUT2D eigenvalue weighted by molar-refractivity contribution is -0.477. The lowest BCUT2D eigenvalue weighted by Gasteiger charge is -2.59. The first-order chi connectivity index (χ1) is 16.9. The molecule has 2 heterocycles. The predicted molar refractivity (Wildman–Crippen MR) is 120 cm³/mol. The maximum absolute atomic E-state index is 12.8. The Kier molecular flexibility index (Phi) is 7.87. The van der Waals surface area contributed by atoms with Crippen LogP contribution in [0.4, 0.5) is 13.2 Å². The largest absolute Gasteiger partial charge is 0.573 e. The molecule has 204 valence electrons. The van der Waals surface area contributed by atoms with Gasteiger partial charge in [-0.05, 0) is 33.5 Å². The number of ether oxygens (including phenoxy) is 4. The number of aliphatic hydroxyl groups excluding tert-OH is 1. The third-order valence-corrected chi connectivity index (χ3v) is 7.20. The molecule has 2 aliphatic heterocycles. The van der Waals surface area contributed by atoms with Gasteiger partial charge < -0.3 is 50.2 Å². The first-order valence-electron chi connectivity index (χ1n) is 11.9. The number of nitrogens with one attached hydrogen (secondary N) is 3. The van der Waals surface area contributed by atoms with Gasteiger partial charge in [0.15, 0.2) is 0 Å². The van der Waals surface area contributed by atoms with Gasteiger partial charge in [0, 0.05) is 31.1 Å². The van der Waals surface area contributed by atoms with Crippen molar-refractivity contribution in [3.63, 3.8) is 0 Å². The molecule has 2 unspecified atom stereocenters. The van der Waals surface area contributed by atoms with Crippen LogP contribution < -0.4 is 20.7 Å². The van der Waals surface area contributed by atoms with E-state index in [1.807, 2.05) is 0 Å². The van der Waals surface area contributed by atoms with Crippen LogP contribution in [0.15, 0.2) is 24.3 Å². The van der Waals surface area contributed by atoms with Crippen molar-refractivity contribution in [2.24, 2.45) is 0 Å². The van der Waals surface area contributed by atoms with Crippen LogP contribution in [0.25, 0.3) is 0 Å². The van der Waals surface area contributed by atoms with Gasteiger partial charge >= 0.3 is 6.36 Å². The molecular formula is C23H34F3N3O7. The Morgan fingerprint density at radius 3 is 2.53 bits per heavy atom. The fourth-order valence-electron chi connectivity index (χ4n) is 5.43. The van der Waals surface area contributed by atoms with Gasteiger partial charge in [-0.2, -0.15) is 0 Å². The van der Waals surface area contributed by atoms with Crippen LogP contribution in [0.5, 0.6) is 5.75 Å². The number of aliphatic hydroxyl groups is 3. The molecule has 10 nitrogen and oxygen atoms in total. The lowest BCUT2D eigenvalue weighted by atomic mass is 9.79. The van der Waals surface area contributed by atoms with E-state index < -0.39 is 54.5 Å². The average molecular weight is 522 g/mol. The van der Waals surface area contributed by atoms with E-state index in [1.165, 1.54) is 18.2 Å². The van der Waals surface area contributed by atoms with Crippen molar-refractivity contribution in [2.75, 3.05) is 20.6 Å². The van der Waals surface area contributed by atoms with E-state index in [4.69, 9.17) is 14.2 Å². The molecule has 2 saturated heterocycles. The lowest BCUT2D eigenvalue weighted by Crippen LogP contribution is -2.79. The highest BCUT2D eigenvalue weighted by Crippen LogP contribution is 2.46. The second-order valence-electron chi connectivity index (χ2n) is 9.66. The van der Waals surface area contributed by atoms with Crippen LogP contribution in [-0.2, 0) is 20.8 Å². The molecule has 36 heavy (non-hydrogen) atoms. The van der Waals surface area contributed by atoms with Crippen molar-refractivity contribution in [3.05, 3.63) is 29.8 Å². The maximum atomic E-state index is 12.8. The molecule has 4 rings (SSSR count). The van der Waals surface area contributed by atoms with Crippen molar-refractivity contribution in [3.8, 4) is 5.75 Å². The SMILES string of the molecule is CN[C@H]1[C@@H](O)[C@@H](NC)CC2O[C@@H]3O[C@H](C)CC(O)(CNCc4ccccc4OC(F)(F)F)[C@]3(O)O[C@@H]21. The Morgan fingerprint density at radius 1 is 1.14 bits per heavy atom.